The van der Waals surface area contributed by atoms with Crippen LogP contribution in [0.2, 0.25) is 5.15 Å². The molecule has 0 bridgehead atoms. The second-order valence-corrected chi connectivity index (χ2v) is 3.43. The summed E-state index contributed by atoms with van der Waals surface area (Å²) >= 11 is 5.55. The number of methoxy groups -OCH3 is 1. The maximum atomic E-state index is 11.6. The first-order chi connectivity index (χ1) is 8.45. The predicted octanol–water partition coefficient (Wildman–Crippen LogP) is 0.546. The Labute approximate surface area is 106 Å². The molecule has 0 radical (unpaired) electrons. The molecular weight excluding hydrogens is 266 g/mol. The van der Waals surface area contributed by atoms with Crippen LogP contribution >= 0.6 is 11.6 Å². The molecule has 8 nitrogen and oxygen atoms in total. The predicted molar refractivity (Wildman–Crippen MR) is 60.3 cm³/mol. The molecule has 1 aromatic heterocycles. The number of ether oxygens (including phenoxy) is 1. The van der Waals surface area contributed by atoms with Crippen molar-refractivity contribution in [1.29, 1.82) is 0 Å². The Morgan fingerprint density at radius 3 is 2.83 bits per heavy atom. The number of nitrogens with zero attached hydrogens (tertiary/aromatic N) is 2. The quantitative estimate of drug-likeness (QED) is 0.371. The maximum absolute atomic E-state index is 11.6. The van der Waals surface area contributed by atoms with Gasteiger partial charge < -0.3 is 10.1 Å². The molecule has 9 heteroatoms. The highest BCUT2D eigenvalue weighted by atomic mass is 35.5. The zero-order valence-corrected chi connectivity index (χ0v) is 9.93. The van der Waals surface area contributed by atoms with Crippen LogP contribution in [0.5, 0.6) is 0 Å². The highest BCUT2D eigenvalue weighted by molar-refractivity contribution is 6.29. The minimum atomic E-state index is -0.809. The Morgan fingerprint density at radius 2 is 2.28 bits per heavy atom. The number of aromatic nitrogens is 1. The van der Waals surface area contributed by atoms with Gasteiger partial charge in [0.15, 0.2) is 0 Å². The lowest BCUT2D eigenvalue weighted by Gasteiger charge is -2.04. The van der Waals surface area contributed by atoms with Crippen molar-refractivity contribution in [2.24, 2.45) is 0 Å². The highest BCUT2D eigenvalue weighted by Gasteiger charge is 2.21. The van der Waals surface area contributed by atoms with Crippen molar-refractivity contribution in [3.8, 4) is 0 Å². The van der Waals surface area contributed by atoms with E-state index >= 15 is 0 Å². The SMILES string of the molecule is COC(=O)CNC(=O)c1cc(Cl)ncc1[N+](=O)[O-]. The lowest BCUT2D eigenvalue weighted by molar-refractivity contribution is -0.385. The third-order valence-electron chi connectivity index (χ3n) is 1.91. The average molecular weight is 274 g/mol. The first kappa shape index (κ1) is 13.8. The smallest absolute Gasteiger partial charge is 0.325 e. The monoisotopic (exact) mass is 273 g/mol. The molecule has 0 aromatic carbocycles. The van der Waals surface area contributed by atoms with Crippen LogP contribution in [0.3, 0.4) is 0 Å². The number of hydrogen-bond donors (Lipinski definition) is 1. The van der Waals surface area contributed by atoms with Crippen LogP contribution in [0, 0.1) is 10.1 Å². The zero-order chi connectivity index (χ0) is 13.7. The molecule has 0 unspecified atom stereocenters. The Kier molecular flexibility index (Phi) is 4.55. The van der Waals surface area contributed by atoms with Gasteiger partial charge in [0.2, 0.25) is 0 Å². The van der Waals surface area contributed by atoms with E-state index in [1.54, 1.807) is 0 Å². The molecule has 18 heavy (non-hydrogen) atoms. The number of carbonyl (C=O) groups is 2. The number of halogens is 1. The van der Waals surface area contributed by atoms with Gasteiger partial charge in [-0.15, -0.1) is 0 Å². The van der Waals surface area contributed by atoms with Gasteiger partial charge in [-0.05, 0) is 6.07 Å². The molecule has 0 atom stereocenters. The van der Waals surface area contributed by atoms with Gasteiger partial charge in [0.25, 0.3) is 11.6 Å². The lowest BCUT2D eigenvalue weighted by atomic mass is 10.2. The van der Waals surface area contributed by atoms with E-state index in [0.29, 0.717) is 0 Å². The largest absolute Gasteiger partial charge is 0.468 e. The summed E-state index contributed by atoms with van der Waals surface area (Å²) in [4.78, 5) is 35.9. The fourth-order valence-corrected chi connectivity index (χ4v) is 1.23. The molecule has 1 rings (SSSR count). The fraction of sp³-hybridized carbons (Fsp3) is 0.222. The Balaban J connectivity index is 2.93. The van der Waals surface area contributed by atoms with Crippen molar-refractivity contribution in [3.63, 3.8) is 0 Å². The van der Waals surface area contributed by atoms with Gasteiger partial charge in [0, 0.05) is 0 Å². The van der Waals surface area contributed by atoms with E-state index in [1.807, 2.05) is 0 Å². The zero-order valence-electron chi connectivity index (χ0n) is 9.18. The number of nitro groups is 1. The van der Waals surface area contributed by atoms with Crippen LogP contribution in [0.1, 0.15) is 10.4 Å². The summed E-state index contributed by atoms with van der Waals surface area (Å²) < 4.78 is 4.31. The van der Waals surface area contributed by atoms with E-state index < -0.39 is 29.0 Å². The molecule has 0 aliphatic heterocycles. The molecular formula is C9H8ClN3O5. The number of pyridine rings is 1. The van der Waals surface area contributed by atoms with Crippen LogP contribution in [0.4, 0.5) is 5.69 Å². The molecule has 1 aromatic rings. The van der Waals surface area contributed by atoms with Crippen molar-refractivity contribution in [2.45, 2.75) is 0 Å². The van der Waals surface area contributed by atoms with Gasteiger partial charge >= 0.3 is 5.97 Å². The van der Waals surface area contributed by atoms with Crippen LogP contribution < -0.4 is 5.32 Å². The van der Waals surface area contributed by atoms with Gasteiger partial charge in [-0.2, -0.15) is 0 Å². The third kappa shape index (κ3) is 3.39. The molecule has 0 aliphatic rings. The molecule has 0 fully saturated rings. The third-order valence-corrected chi connectivity index (χ3v) is 2.12. The average Bonchev–Trinajstić information content (AvgIpc) is 2.34. The molecule has 0 aliphatic carbocycles. The lowest BCUT2D eigenvalue weighted by Crippen LogP contribution is -2.30. The first-order valence-corrected chi connectivity index (χ1v) is 4.98. The number of rotatable bonds is 4. The summed E-state index contributed by atoms with van der Waals surface area (Å²) in [5, 5.41) is 12.8. The van der Waals surface area contributed by atoms with Crippen molar-refractivity contribution in [1.82, 2.24) is 10.3 Å². The summed E-state index contributed by atoms with van der Waals surface area (Å²) in [6.07, 6.45) is 0.870. The number of esters is 1. The van der Waals surface area contributed by atoms with Gasteiger partial charge in [-0.3, -0.25) is 19.7 Å². The van der Waals surface area contributed by atoms with Gasteiger partial charge in [-0.1, -0.05) is 11.6 Å². The topological polar surface area (TPSA) is 111 Å². The van der Waals surface area contributed by atoms with Gasteiger partial charge in [-0.25, -0.2) is 4.98 Å². The molecule has 0 spiro atoms. The van der Waals surface area contributed by atoms with E-state index in [9.17, 15) is 19.7 Å². The summed E-state index contributed by atoms with van der Waals surface area (Å²) in [5.41, 5.74) is -0.773. The van der Waals surface area contributed by atoms with Crippen molar-refractivity contribution in [2.75, 3.05) is 13.7 Å². The van der Waals surface area contributed by atoms with Crippen molar-refractivity contribution in [3.05, 3.63) is 33.1 Å². The summed E-state index contributed by atoms with van der Waals surface area (Å²) in [6, 6.07) is 1.05. The maximum Gasteiger partial charge on any atom is 0.325 e. The van der Waals surface area contributed by atoms with E-state index in [2.05, 4.69) is 15.0 Å². The number of nitrogens with one attached hydrogen (secondary N) is 1. The Bertz CT molecular complexity index is 505. The van der Waals surface area contributed by atoms with E-state index in [-0.39, 0.29) is 10.7 Å². The molecule has 0 saturated carbocycles. The van der Waals surface area contributed by atoms with Gasteiger partial charge in [0.1, 0.15) is 23.5 Å². The van der Waals surface area contributed by atoms with Crippen LogP contribution in [0.15, 0.2) is 12.3 Å². The van der Waals surface area contributed by atoms with Crippen molar-refractivity contribution >= 4 is 29.2 Å². The first-order valence-electron chi connectivity index (χ1n) is 4.60. The minimum absolute atomic E-state index is 0.0659. The Morgan fingerprint density at radius 1 is 1.61 bits per heavy atom. The van der Waals surface area contributed by atoms with Crippen LogP contribution in [-0.4, -0.2) is 35.4 Å². The van der Waals surface area contributed by atoms with Crippen LogP contribution in [-0.2, 0) is 9.53 Å². The fourth-order valence-electron chi connectivity index (χ4n) is 1.07. The van der Waals surface area contributed by atoms with Crippen molar-refractivity contribution < 1.29 is 19.2 Å². The standard InChI is InChI=1S/C9H8ClN3O5/c1-18-8(14)4-12-9(15)5-2-7(10)11-3-6(5)13(16)17/h2-3H,4H2,1H3,(H,12,15). The molecule has 1 N–H and O–H groups in total. The van der Waals surface area contributed by atoms with E-state index in [0.717, 1.165) is 19.4 Å². The second kappa shape index (κ2) is 5.92. The summed E-state index contributed by atoms with van der Waals surface area (Å²) in [7, 11) is 1.15. The molecule has 96 valence electrons. The van der Waals surface area contributed by atoms with E-state index in [1.165, 1.54) is 0 Å². The normalized spacial score (nSPS) is 9.67. The molecule has 0 saturated heterocycles. The molecule has 1 amide bonds. The number of hydrogen-bond acceptors (Lipinski definition) is 6. The molecule has 1 heterocycles. The number of carbonyl (C=O) groups excluding carboxylic acids is 2. The summed E-state index contributed by atoms with van der Waals surface area (Å²) in [6.45, 7) is -0.396. The van der Waals surface area contributed by atoms with E-state index in [4.69, 9.17) is 11.6 Å². The number of amides is 1. The Hall–Kier alpha value is -2.22. The highest BCUT2D eigenvalue weighted by Crippen LogP contribution is 2.19. The van der Waals surface area contributed by atoms with Crippen LogP contribution in [0.25, 0.3) is 0 Å². The minimum Gasteiger partial charge on any atom is -0.468 e. The van der Waals surface area contributed by atoms with Gasteiger partial charge in [0.05, 0.1) is 12.0 Å². The summed E-state index contributed by atoms with van der Waals surface area (Å²) in [5.74, 6) is -1.48. The second-order valence-electron chi connectivity index (χ2n) is 3.04.